The van der Waals surface area contributed by atoms with Crippen LogP contribution < -0.4 is 10.6 Å². The summed E-state index contributed by atoms with van der Waals surface area (Å²) in [5, 5.41) is 6.66. The van der Waals surface area contributed by atoms with Crippen LogP contribution in [-0.2, 0) is 17.8 Å². The molecule has 3 aromatic carbocycles. The molecule has 1 amide bonds. The van der Waals surface area contributed by atoms with Crippen LogP contribution in [0.3, 0.4) is 0 Å². The number of nitrogens with one attached hydrogen (secondary N) is 2. The highest BCUT2D eigenvalue weighted by Crippen LogP contribution is 2.38. The third kappa shape index (κ3) is 4.71. The van der Waals surface area contributed by atoms with Crippen molar-refractivity contribution >= 4 is 28.6 Å². The van der Waals surface area contributed by atoms with E-state index in [9.17, 15) is 4.79 Å². The van der Waals surface area contributed by atoms with Crippen LogP contribution in [0.2, 0.25) is 0 Å². The quantitative estimate of drug-likeness (QED) is 0.435. The lowest BCUT2D eigenvalue weighted by Crippen LogP contribution is -2.18. The van der Waals surface area contributed by atoms with Crippen LogP contribution in [0.25, 0.3) is 11.3 Å². The topological polar surface area (TPSA) is 44.4 Å². The third-order valence-electron chi connectivity index (χ3n) is 6.51. The maximum absolute atomic E-state index is 13.1. The summed E-state index contributed by atoms with van der Waals surface area (Å²) in [6, 6.07) is 25.1. The highest BCUT2D eigenvalue weighted by molar-refractivity contribution is 6.37. The maximum atomic E-state index is 13.1. The smallest absolute Gasteiger partial charge is 0.258 e. The molecular formula is C29H31N3O. The van der Waals surface area contributed by atoms with Crippen molar-refractivity contribution in [3.05, 3.63) is 95.1 Å². The highest BCUT2D eigenvalue weighted by Gasteiger charge is 2.28. The maximum Gasteiger partial charge on any atom is 0.258 e. The molecule has 0 bridgehead atoms. The van der Waals surface area contributed by atoms with Crippen molar-refractivity contribution in [2.45, 2.75) is 39.2 Å². The normalized spacial score (nSPS) is 17.1. The Kier molecular flexibility index (Phi) is 6.27. The largest absolute Gasteiger partial charge is 0.354 e. The van der Waals surface area contributed by atoms with Crippen LogP contribution in [0.5, 0.6) is 0 Å². The van der Waals surface area contributed by atoms with Gasteiger partial charge in [-0.3, -0.25) is 9.69 Å². The average molecular weight is 438 g/mol. The van der Waals surface area contributed by atoms with Gasteiger partial charge in [0.25, 0.3) is 5.91 Å². The molecule has 3 aromatic rings. The minimum atomic E-state index is -0.0596. The van der Waals surface area contributed by atoms with Gasteiger partial charge in [0.1, 0.15) is 0 Å². The fourth-order valence-corrected chi connectivity index (χ4v) is 4.83. The number of hydrogen-bond donors (Lipinski definition) is 2. The molecule has 2 heterocycles. The Morgan fingerprint density at radius 3 is 2.39 bits per heavy atom. The van der Waals surface area contributed by atoms with Crippen molar-refractivity contribution in [2.75, 3.05) is 23.7 Å². The van der Waals surface area contributed by atoms with E-state index in [0.29, 0.717) is 5.57 Å². The lowest BCUT2D eigenvalue weighted by Gasteiger charge is -2.17. The summed E-state index contributed by atoms with van der Waals surface area (Å²) in [5.74, 6) is -0.0596. The Hall–Kier alpha value is -3.37. The molecule has 0 spiro atoms. The van der Waals surface area contributed by atoms with Gasteiger partial charge in [-0.2, -0.15) is 0 Å². The fraction of sp³-hybridized carbons (Fsp3) is 0.276. The molecule has 1 fully saturated rings. The SMILES string of the molecule is CCCc1ccc2c(c1)NC(=O)C2=C(Nc1ccc(CN2CCCC2)cc1)c1ccccc1. The molecular weight excluding hydrogens is 406 g/mol. The zero-order chi connectivity index (χ0) is 22.6. The Morgan fingerprint density at radius 2 is 1.67 bits per heavy atom. The predicted octanol–water partition coefficient (Wildman–Crippen LogP) is 6.17. The zero-order valence-corrected chi connectivity index (χ0v) is 19.2. The van der Waals surface area contributed by atoms with Gasteiger partial charge in [0.15, 0.2) is 0 Å². The molecule has 33 heavy (non-hydrogen) atoms. The summed E-state index contributed by atoms with van der Waals surface area (Å²) in [7, 11) is 0. The fourth-order valence-electron chi connectivity index (χ4n) is 4.83. The van der Waals surface area contributed by atoms with E-state index in [1.807, 2.05) is 30.3 Å². The minimum Gasteiger partial charge on any atom is -0.354 e. The third-order valence-corrected chi connectivity index (χ3v) is 6.51. The van der Waals surface area contributed by atoms with E-state index in [1.54, 1.807) is 0 Å². The van der Waals surface area contributed by atoms with Gasteiger partial charge in [-0.1, -0.05) is 67.9 Å². The number of carbonyl (C=O) groups is 1. The number of benzene rings is 3. The molecule has 0 aromatic heterocycles. The second-order valence-corrected chi connectivity index (χ2v) is 9.01. The van der Waals surface area contributed by atoms with Gasteiger partial charge >= 0.3 is 0 Å². The number of carbonyl (C=O) groups excluding carboxylic acids is 1. The van der Waals surface area contributed by atoms with E-state index in [1.165, 1.54) is 37.1 Å². The number of hydrogen-bond acceptors (Lipinski definition) is 3. The summed E-state index contributed by atoms with van der Waals surface area (Å²) in [4.78, 5) is 15.6. The van der Waals surface area contributed by atoms with Gasteiger partial charge in [-0.15, -0.1) is 0 Å². The van der Waals surface area contributed by atoms with Gasteiger partial charge < -0.3 is 10.6 Å². The Morgan fingerprint density at radius 1 is 0.939 bits per heavy atom. The second-order valence-electron chi connectivity index (χ2n) is 9.01. The van der Waals surface area contributed by atoms with Crippen LogP contribution in [-0.4, -0.2) is 23.9 Å². The van der Waals surface area contributed by atoms with Crippen molar-refractivity contribution in [3.63, 3.8) is 0 Å². The average Bonchev–Trinajstić information content (AvgIpc) is 3.46. The number of likely N-dealkylation sites (tertiary alicyclic amines) is 1. The van der Waals surface area contributed by atoms with Gasteiger partial charge in [0.2, 0.25) is 0 Å². The first-order chi connectivity index (χ1) is 16.2. The van der Waals surface area contributed by atoms with Crippen LogP contribution in [0.1, 0.15) is 48.4 Å². The number of amides is 1. The highest BCUT2D eigenvalue weighted by atomic mass is 16.2. The first kappa shape index (κ1) is 21.5. The van der Waals surface area contributed by atoms with E-state index in [0.717, 1.165) is 47.6 Å². The molecule has 0 unspecified atom stereocenters. The van der Waals surface area contributed by atoms with Crippen LogP contribution in [0.15, 0.2) is 72.8 Å². The molecule has 2 N–H and O–H groups in total. The van der Waals surface area contributed by atoms with Crippen LogP contribution >= 0.6 is 0 Å². The van der Waals surface area contributed by atoms with Crippen molar-refractivity contribution in [1.29, 1.82) is 0 Å². The summed E-state index contributed by atoms with van der Waals surface area (Å²) < 4.78 is 0. The first-order valence-corrected chi connectivity index (χ1v) is 12.0. The Balaban J connectivity index is 1.49. The second kappa shape index (κ2) is 9.63. The summed E-state index contributed by atoms with van der Waals surface area (Å²) in [6.07, 6.45) is 4.70. The Labute approximate surface area is 196 Å². The van der Waals surface area contributed by atoms with Gasteiger partial charge in [0, 0.05) is 23.5 Å². The zero-order valence-electron chi connectivity index (χ0n) is 19.2. The number of aryl methyl sites for hydroxylation is 1. The molecule has 5 rings (SSSR count). The monoisotopic (exact) mass is 437 g/mol. The van der Waals surface area contributed by atoms with E-state index in [4.69, 9.17) is 0 Å². The Bertz CT molecular complexity index is 1160. The van der Waals surface area contributed by atoms with Crippen molar-refractivity contribution < 1.29 is 4.79 Å². The molecule has 0 saturated carbocycles. The van der Waals surface area contributed by atoms with Gasteiger partial charge in [-0.05, 0) is 67.2 Å². The standard InChI is InChI=1S/C29H31N3O/c1-2-8-21-13-16-25-26(19-21)31-29(33)27(25)28(23-9-4-3-5-10-23)30-24-14-11-22(12-15-24)20-32-17-6-7-18-32/h3-5,9-16,19,30H,2,6-8,17-18,20H2,1H3,(H,31,33). The number of anilines is 2. The van der Waals surface area contributed by atoms with E-state index < -0.39 is 0 Å². The van der Waals surface area contributed by atoms with E-state index in [2.05, 4.69) is 64.9 Å². The summed E-state index contributed by atoms with van der Waals surface area (Å²) in [5.41, 5.74) is 7.94. The molecule has 4 heteroatoms. The van der Waals surface area contributed by atoms with Gasteiger partial charge in [-0.25, -0.2) is 0 Å². The first-order valence-electron chi connectivity index (χ1n) is 12.0. The lowest BCUT2D eigenvalue weighted by molar-refractivity contribution is -0.110. The molecule has 4 nitrogen and oxygen atoms in total. The van der Waals surface area contributed by atoms with E-state index in [-0.39, 0.29) is 5.91 Å². The number of nitrogens with zero attached hydrogens (tertiary/aromatic N) is 1. The van der Waals surface area contributed by atoms with Crippen LogP contribution in [0, 0.1) is 0 Å². The van der Waals surface area contributed by atoms with Crippen molar-refractivity contribution in [1.82, 2.24) is 4.90 Å². The summed E-state index contributed by atoms with van der Waals surface area (Å²) >= 11 is 0. The minimum absolute atomic E-state index is 0.0596. The molecule has 2 aliphatic rings. The van der Waals surface area contributed by atoms with Crippen molar-refractivity contribution in [3.8, 4) is 0 Å². The number of fused-ring (bicyclic) bond motifs is 1. The molecule has 1 saturated heterocycles. The molecule has 0 aliphatic carbocycles. The van der Waals surface area contributed by atoms with Gasteiger partial charge in [0.05, 0.1) is 11.3 Å². The molecule has 168 valence electrons. The molecule has 0 atom stereocenters. The molecule has 2 aliphatic heterocycles. The van der Waals surface area contributed by atoms with Crippen molar-refractivity contribution in [2.24, 2.45) is 0 Å². The van der Waals surface area contributed by atoms with E-state index >= 15 is 0 Å². The lowest BCUT2D eigenvalue weighted by atomic mass is 9.98. The van der Waals surface area contributed by atoms with Crippen LogP contribution in [0.4, 0.5) is 11.4 Å². The molecule has 0 radical (unpaired) electrons. The number of rotatable bonds is 7. The summed E-state index contributed by atoms with van der Waals surface area (Å²) in [6.45, 7) is 5.56. The predicted molar refractivity (Wildman–Crippen MR) is 137 cm³/mol.